The predicted molar refractivity (Wildman–Crippen MR) is 142 cm³/mol. The number of rotatable bonds is 8. The Morgan fingerprint density at radius 1 is 0.971 bits per heavy atom. The number of carbonyl (C=O) groups is 1. The molecular weight excluding hydrogens is 455 g/mol. The first-order valence-electron chi connectivity index (χ1n) is 12.3. The van der Waals surface area contributed by atoms with Crippen molar-refractivity contribution in [3.63, 3.8) is 0 Å². The monoisotopic (exact) mass is 490 g/mol. The van der Waals surface area contributed by atoms with Crippen molar-refractivity contribution in [2.75, 3.05) is 6.54 Å². The molecule has 0 spiro atoms. The second-order valence-electron chi connectivity index (χ2n) is 10.4. The summed E-state index contributed by atoms with van der Waals surface area (Å²) in [6.45, 7) is 6.78. The third kappa shape index (κ3) is 6.14. The summed E-state index contributed by atoms with van der Waals surface area (Å²) in [6, 6.07) is 26.7. The van der Waals surface area contributed by atoms with Crippen molar-refractivity contribution >= 4 is 25.2 Å². The molecule has 6 heteroatoms. The largest absolute Gasteiger partial charge is 0.406 e. The number of nitrogens with two attached hydrogens (primary N) is 1. The zero-order valence-electron chi connectivity index (χ0n) is 20.7. The van der Waals surface area contributed by atoms with Gasteiger partial charge in [0, 0.05) is 11.6 Å². The van der Waals surface area contributed by atoms with Gasteiger partial charge < -0.3 is 10.2 Å². The van der Waals surface area contributed by atoms with Crippen molar-refractivity contribution < 1.29 is 13.6 Å². The molecular formula is C29H35FN2O2Si. The van der Waals surface area contributed by atoms with Crippen LogP contribution in [0.1, 0.15) is 44.0 Å². The quantitative estimate of drug-likeness (QED) is 0.386. The molecule has 0 saturated carbocycles. The molecule has 3 aromatic rings. The summed E-state index contributed by atoms with van der Waals surface area (Å²) in [6.07, 6.45) is 1.34. The molecule has 184 valence electrons. The number of likely N-dealkylation sites (tertiary alicyclic amines) is 1. The van der Waals surface area contributed by atoms with E-state index in [1.807, 2.05) is 12.1 Å². The molecule has 35 heavy (non-hydrogen) atoms. The number of Topliss-reactive ketones (excluding diaryl/α,β-unsaturated/α-hetero) is 1. The molecule has 1 fully saturated rings. The molecule has 0 aliphatic carbocycles. The fraction of sp³-hybridized carbons (Fsp3) is 0.345. The smallest absolute Gasteiger partial charge is 0.240 e. The van der Waals surface area contributed by atoms with Gasteiger partial charge in [-0.3, -0.25) is 9.69 Å². The summed E-state index contributed by atoms with van der Waals surface area (Å²) in [5.41, 5.74) is 6.86. The maximum absolute atomic E-state index is 13.4. The van der Waals surface area contributed by atoms with Crippen LogP contribution in [0.4, 0.5) is 4.39 Å². The van der Waals surface area contributed by atoms with Gasteiger partial charge in [0.25, 0.3) is 0 Å². The van der Waals surface area contributed by atoms with Gasteiger partial charge in [0.2, 0.25) is 9.04 Å². The van der Waals surface area contributed by atoms with E-state index in [1.54, 1.807) is 12.1 Å². The van der Waals surface area contributed by atoms with Gasteiger partial charge in [0.05, 0.1) is 18.8 Å². The minimum atomic E-state index is -2.01. The molecule has 4 nitrogen and oxygen atoms in total. The molecule has 0 bridgehead atoms. The maximum atomic E-state index is 13.4. The summed E-state index contributed by atoms with van der Waals surface area (Å²) in [5.74, 6) is -0.406. The first-order valence-corrected chi connectivity index (χ1v) is 13.9. The maximum Gasteiger partial charge on any atom is 0.240 e. The summed E-state index contributed by atoms with van der Waals surface area (Å²) < 4.78 is 20.5. The lowest BCUT2D eigenvalue weighted by Crippen LogP contribution is -2.57. The van der Waals surface area contributed by atoms with Crippen molar-refractivity contribution in [1.82, 2.24) is 4.90 Å². The van der Waals surface area contributed by atoms with E-state index < -0.39 is 9.04 Å². The van der Waals surface area contributed by atoms with E-state index in [0.717, 1.165) is 12.8 Å². The first kappa shape index (κ1) is 25.4. The van der Waals surface area contributed by atoms with Gasteiger partial charge in [-0.2, -0.15) is 0 Å². The summed E-state index contributed by atoms with van der Waals surface area (Å²) in [7, 11) is -2.01. The van der Waals surface area contributed by atoms with Gasteiger partial charge in [-0.05, 0) is 52.9 Å². The minimum absolute atomic E-state index is 0.0109. The van der Waals surface area contributed by atoms with Crippen LogP contribution in [0.25, 0.3) is 0 Å². The minimum Gasteiger partial charge on any atom is -0.406 e. The van der Waals surface area contributed by atoms with Crippen LogP contribution in [0.3, 0.4) is 0 Å². The Hall–Kier alpha value is -2.64. The van der Waals surface area contributed by atoms with Crippen LogP contribution < -0.4 is 16.1 Å². The van der Waals surface area contributed by atoms with E-state index >= 15 is 0 Å². The van der Waals surface area contributed by atoms with Gasteiger partial charge in [0.15, 0.2) is 5.78 Å². The number of hydrogen-bond donors (Lipinski definition) is 1. The Kier molecular flexibility index (Phi) is 7.97. The van der Waals surface area contributed by atoms with Crippen LogP contribution in [0.15, 0.2) is 84.9 Å². The van der Waals surface area contributed by atoms with Gasteiger partial charge in [-0.15, -0.1) is 0 Å². The molecule has 3 aromatic carbocycles. The second kappa shape index (κ2) is 11.0. The highest BCUT2D eigenvalue weighted by Crippen LogP contribution is 2.35. The highest BCUT2D eigenvalue weighted by molar-refractivity contribution is 6.80. The van der Waals surface area contributed by atoms with Gasteiger partial charge in [-0.25, -0.2) is 4.39 Å². The van der Waals surface area contributed by atoms with Crippen molar-refractivity contribution in [3.05, 3.63) is 96.3 Å². The lowest BCUT2D eigenvalue weighted by Gasteiger charge is -2.42. The number of halogens is 1. The van der Waals surface area contributed by atoms with Crippen molar-refractivity contribution in [1.29, 1.82) is 0 Å². The molecule has 0 aromatic heterocycles. The average Bonchev–Trinajstić information content (AvgIpc) is 3.20. The SMILES string of the molecule is CC(C)(C)C(O[SiH](c1ccccc1)c1ccccc1)C1CCC(N)N1CC(=O)c1ccc(F)cc1. The Labute approximate surface area is 209 Å². The molecule has 4 rings (SSSR count). The van der Waals surface area contributed by atoms with Crippen molar-refractivity contribution in [2.24, 2.45) is 11.1 Å². The molecule has 0 amide bonds. The predicted octanol–water partition coefficient (Wildman–Crippen LogP) is 3.73. The third-order valence-corrected chi connectivity index (χ3v) is 9.34. The van der Waals surface area contributed by atoms with Crippen LogP contribution >= 0.6 is 0 Å². The highest BCUT2D eigenvalue weighted by Gasteiger charge is 2.44. The first-order chi connectivity index (χ1) is 16.7. The summed E-state index contributed by atoms with van der Waals surface area (Å²) >= 11 is 0. The normalized spacial score (nSPS) is 19.7. The molecule has 3 atom stereocenters. The molecule has 1 aliphatic rings. The van der Waals surface area contributed by atoms with Crippen LogP contribution in [0, 0.1) is 11.2 Å². The van der Waals surface area contributed by atoms with Crippen LogP contribution in [0.5, 0.6) is 0 Å². The van der Waals surface area contributed by atoms with Crippen LogP contribution in [-0.4, -0.2) is 44.6 Å². The van der Waals surface area contributed by atoms with E-state index in [1.165, 1.54) is 22.5 Å². The van der Waals surface area contributed by atoms with Crippen LogP contribution in [0.2, 0.25) is 0 Å². The molecule has 1 heterocycles. The zero-order chi connectivity index (χ0) is 25.0. The van der Waals surface area contributed by atoms with Crippen molar-refractivity contribution in [2.45, 2.75) is 51.9 Å². The fourth-order valence-electron chi connectivity index (χ4n) is 5.00. The number of carbonyl (C=O) groups excluding carboxylic acids is 1. The molecule has 2 N–H and O–H groups in total. The Morgan fingerprint density at radius 3 is 2.03 bits per heavy atom. The topological polar surface area (TPSA) is 55.6 Å². The summed E-state index contributed by atoms with van der Waals surface area (Å²) in [5, 5.41) is 2.45. The van der Waals surface area contributed by atoms with E-state index in [4.69, 9.17) is 10.2 Å². The average molecular weight is 491 g/mol. The van der Waals surface area contributed by atoms with E-state index in [9.17, 15) is 9.18 Å². The Balaban J connectivity index is 1.63. The number of benzene rings is 3. The molecule has 1 saturated heterocycles. The zero-order valence-corrected chi connectivity index (χ0v) is 21.9. The lowest BCUT2D eigenvalue weighted by atomic mass is 9.83. The molecule has 0 radical (unpaired) electrons. The van der Waals surface area contributed by atoms with E-state index in [0.29, 0.717) is 5.56 Å². The Bertz CT molecular complexity index is 1060. The summed E-state index contributed by atoms with van der Waals surface area (Å²) in [4.78, 5) is 15.2. The van der Waals surface area contributed by atoms with E-state index in [2.05, 4.69) is 74.2 Å². The van der Waals surface area contributed by atoms with Gasteiger partial charge in [0.1, 0.15) is 5.82 Å². The molecule has 1 aliphatic heterocycles. The van der Waals surface area contributed by atoms with Crippen molar-refractivity contribution in [3.8, 4) is 0 Å². The Morgan fingerprint density at radius 2 is 1.51 bits per heavy atom. The second-order valence-corrected chi connectivity index (χ2v) is 12.8. The van der Waals surface area contributed by atoms with E-state index in [-0.39, 0.29) is 41.9 Å². The number of ketones is 1. The van der Waals surface area contributed by atoms with Gasteiger partial charge in [-0.1, -0.05) is 81.4 Å². The standard InChI is InChI=1S/C29H35FN2O2Si/c1-29(2,3)28(34-35(23-10-6-4-7-11-23)24-12-8-5-9-13-24)25-18-19-27(31)32(25)20-26(33)21-14-16-22(30)17-15-21/h4-17,25,27-28,35H,18-20,31H2,1-3H3. The number of nitrogens with zero attached hydrogens (tertiary/aromatic N) is 1. The fourth-order valence-corrected chi connectivity index (χ4v) is 7.72. The highest BCUT2D eigenvalue weighted by atomic mass is 28.3. The van der Waals surface area contributed by atoms with Crippen LogP contribution in [-0.2, 0) is 4.43 Å². The van der Waals surface area contributed by atoms with Gasteiger partial charge >= 0.3 is 0 Å². The third-order valence-electron chi connectivity index (χ3n) is 6.79. The number of hydrogen-bond acceptors (Lipinski definition) is 4. The lowest BCUT2D eigenvalue weighted by molar-refractivity contribution is 0.00767. The molecule has 3 unspecified atom stereocenters.